The molecule has 2 aromatic carbocycles. The highest BCUT2D eigenvalue weighted by Crippen LogP contribution is 2.36. The standard InChI is InChI=1S/C20H18BrClN2O5/c1-28-16-10-17(29-2)15(9-14(16)22)23-18(25)4-3-7-24-19(26)12-6-5-11(21)8-13(12)20(24)27/h5-6,8-10H,3-4,7H2,1-2H3,(H,23,25). The second-order valence-electron chi connectivity index (χ2n) is 6.29. The quantitative estimate of drug-likeness (QED) is 0.601. The number of carbonyl (C=O) groups is 3. The first kappa shape index (κ1) is 21.1. The average Bonchev–Trinajstić information content (AvgIpc) is 2.92. The largest absolute Gasteiger partial charge is 0.495 e. The molecule has 0 unspecified atom stereocenters. The molecule has 1 aliphatic rings. The van der Waals surface area contributed by atoms with Gasteiger partial charge in [0.05, 0.1) is 36.1 Å². The van der Waals surface area contributed by atoms with Crippen LogP contribution >= 0.6 is 27.5 Å². The van der Waals surface area contributed by atoms with Crippen LogP contribution < -0.4 is 14.8 Å². The number of hydrogen-bond donors (Lipinski definition) is 1. The summed E-state index contributed by atoms with van der Waals surface area (Å²) in [4.78, 5) is 38.3. The fourth-order valence-electron chi connectivity index (χ4n) is 3.03. The van der Waals surface area contributed by atoms with Gasteiger partial charge >= 0.3 is 0 Å². The lowest BCUT2D eigenvalue weighted by atomic mass is 10.1. The van der Waals surface area contributed by atoms with Crippen molar-refractivity contribution < 1.29 is 23.9 Å². The van der Waals surface area contributed by atoms with E-state index in [1.165, 1.54) is 14.2 Å². The van der Waals surface area contributed by atoms with E-state index in [4.69, 9.17) is 21.1 Å². The van der Waals surface area contributed by atoms with Gasteiger partial charge < -0.3 is 14.8 Å². The molecule has 0 aliphatic carbocycles. The van der Waals surface area contributed by atoms with Crippen LogP contribution in [0.1, 0.15) is 33.6 Å². The summed E-state index contributed by atoms with van der Waals surface area (Å²) in [6.45, 7) is 0.151. The predicted molar refractivity (Wildman–Crippen MR) is 112 cm³/mol. The number of methoxy groups -OCH3 is 2. The summed E-state index contributed by atoms with van der Waals surface area (Å²) in [6.07, 6.45) is 0.439. The highest BCUT2D eigenvalue weighted by molar-refractivity contribution is 9.10. The SMILES string of the molecule is COc1cc(OC)c(NC(=O)CCCN2C(=O)c3ccc(Br)cc3C2=O)cc1Cl. The van der Waals surface area contributed by atoms with Crippen molar-refractivity contribution in [1.29, 1.82) is 0 Å². The zero-order valence-electron chi connectivity index (χ0n) is 15.8. The van der Waals surface area contributed by atoms with E-state index in [-0.39, 0.29) is 30.7 Å². The van der Waals surface area contributed by atoms with Crippen LogP contribution in [0.2, 0.25) is 5.02 Å². The van der Waals surface area contributed by atoms with Gasteiger partial charge in [-0.1, -0.05) is 27.5 Å². The van der Waals surface area contributed by atoms with Gasteiger partial charge in [0, 0.05) is 23.5 Å². The van der Waals surface area contributed by atoms with Gasteiger partial charge in [-0.25, -0.2) is 0 Å². The Kier molecular flexibility index (Phi) is 6.44. The van der Waals surface area contributed by atoms with Crippen molar-refractivity contribution in [2.45, 2.75) is 12.8 Å². The molecule has 152 valence electrons. The first-order chi connectivity index (χ1) is 13.8. The Morgan fingerprint density at radius 3 is 2.45 bits per heavy atom. The fraction of sp³-hybridized carbons (Fsp3) is 0.250. The highest BCUT2D eigenvalue weighted by atomic mass is 79.9. The zero-order valence-corrected chi connectivity index (χ0v) is 18.1. The average molecular weight is 482 g/mol. The van der Waals surface area contributed by atoms with E-state index in [2.05, 4.69) is 21.2 Å². The number of ether oxygens (including phenoxy) is 2. The van der Waals surface area contributed by atoms with E-state index >= 15 is 0 Å². The van der Waals surface area contributed by atoms with Crippen LogP contribution in [0.3, 0.4) is 0 Å². The topological polar surface area (TPSA) is 84.9 Å². The van der Waals surface area contributed by atoms with E-state index < -0.39 is 0 Å². The van der Waals surface area contributed by atoms with Crippen LogP contribution in [0, 0.1) is 0 Å². The number of hydrogen-bond acceptors (Lipinski definition) is 5. The van der Waals surface area contributed by atoms with Gasteiger partial charge in [0.15, 0.2) is 0 Å². The number of benzene rings is 2. The van der Waals surface area contributed by atoms with Gasteiger partial charge in [-0.2, -0.15) is 0 Å². The molecule has 0 radical (unpaired) electrons. The molecule has 9 heteroatoms. The van der Waals surface area contributed by atoms with Crippen LogP contribution in [-0.2, 0) is 4.79 Å². The van der Waals surface area contributed by atoms with E-state index in [0.29, 0.717) is 39.8 Å². The molecular weight excluding hydrogens is 464 g/mol. The molecular formula is C20H18BrClN2O5. The molecule has 0 aromatic heterocycles. The van der Waals surface area contributed by atoms with E-state index in [9.17, 15) is 14.4 Å². The van der Waals surface area contributed by atoms with Crippen LogP contribution in [0.4, 0.5) is 5.69 Å². The molecule has 7 nitrogen and oxygen atoms in total. The number of fused-ring (bicyclic) bond motifs is 1. The summed E-state index contributed by atoms with van der Waals surface area (Å²) in [7, 11) is 2.95. The smallest absolute Gasteiger partial charge is 0.261 e. The number of nitrogens with one attached hydrogen (secondary N) is 1. The van der Waals surface area contributed by atoms with Gasteiger partial charge in [0.2, 0.25) is 5.91 Å². The summed E-state index contributed by atoms with van der Waals surface area (Å²) in [5.41, 5.74) is 1.15. The maximum Gasteiger partial charge on any atom is 0.261 e. The van der Waals surface area contributed by atoms with Gasteiger partial charge in [0.1, 0.15) is 11.5 Å². The first-order valence-electron chi connectivity index (χ1n) is 8.72. The Balaban J connectivity index is 1.59. The van der Waals surface area contributed by atoms with Crippen LogP contribution in [0.15, 0.2) is 34.8 Å². The number of imide groups is 1. The van der Waals surface area contributed by atoms with Crippen LogP contribution in [0.5, 0.6) is 11.5 Å². The Labute approximate surface area is 181 Å². The Bertz CT molecular complexity index is 995. The van der Waals surface area contributed by atoms with Crippen molar-refractivity contribution in [2.24, 2.45) is 0 Å². The number of nitrogens with zero attached hydrogens (tertiary/aromatic N) is 1. The monoisotopic (exact) mass is 480 g/mol. The molecule has 0 atom stereocenters. The van der Waals surface area contributed by atoms with Crippen molar-refractivity contribution in [1.82, 2.24) is 4.90 Å². The van der Waals surface area contributed by atoms with E-state index in [1.807, 2.05) is 0 Å². The van der Waals surface area contributed by atoms with Gasteiger partial charge in [-0.15, -0.1) is 0 Å². The minimum Gasteiger partial charge on any atom is -0.495 e. The predicted octanol–water partition coefficient (Wildman–Crippen LogP) is 4.13. The van der Waals surface area contributed by atoms with Crippen molar-refractivity contribution in [3.63, 3.8) is 0 Å². The molecule has 0 saturated heterocycles. The second-order valence-corrected chi connectivity index (χ2v) is 7.61. The lowest BCUT2D eigenvalue weighted by Gasteiger charge is -2.15. The lowest BCUT2D eigenvalue weighted by molar-refractivity contribution is -0.116. The van der Waals surface area contributed by atoms with Crippen molar-refractivity contribution in [2.75, 3.05) is 26.1 Å². The molecule has 3 amide bonds. The molecule has 1 N–H and O–H groups in total. The number of amides is 3. The van der Waals surface area contributed by atoms with Crippen LogP contribution in [-0.4, -0.2) is 43.4 Å². The lowest BCUT2D eigenvalue weighted by Crippen LogP contribution is -2.31. The maximum absolute atomic E-state index is 12.4. The summed E-state index contributed by atoms with van der Waals surface area (Å²) in [6, 6.07) is 8.08. The third-order valence-electron chi connectivity index (χ3n) is 4.47. The minimum atomic E-state index is -0.352. The molecule has 1 aliphatic heterocycles. The Morgan fingerprint density at radius 1 is 1.07 bits per heavy atom. The Hall–Kier alpha value is -2.58. The number of carbonyl (C=O) groups excluding carboxylic acids is 3. The van der Waals surface area contributed by atoms with Crippen molar-refractivity contribution >= 4 is 50.9 Å². The summed E-state index contributed by atoms with van der Waals surface area (Å²) >= 11 is 9.40. The van der Waals surface area contributed by atoms with Gasteiger partial charge in [-0.3, -0.25) is 19.3 Å². The summed E-state index contributed by atoms with van der Waals surface area (Å²) in [5, 5.41) is 3.06. The zero-order chi connectivity index (χ0) is 21.1. The number of rotatable bonds is 7. The minimum absolute atomic E-state index is 0.115. The summed E-state index contributed by atoms with van der Waals surface area (Å²) < 4.78 is 11.1. The van der Waals surface area contributed by atoms with Crippen molar-refractivity contribution in [3.05, 3.63) is 51.0 Å². The molecule has 0 fully saturated rings. The Morgan fingerprint density at radius 2 is 1.76 bits per heavy atom. The fourth-order valence-corrected chi connectivity index (χ4v) is 3.64. The molecule has 3 rings (SSSR count). The maximum atomic E-state index is 12.4. The van der Waals surface area contributed by atoms with Crippen molar-refractivity contribution in [3.8, 4) is 11.5 Å². The number of halogens is 2. The molecule has 1 heterocycles. The van der Waals surface area contributed by atoms with Gasteiger partial charge in [0.25, 0.3) is 11.8 Å². The molecule has 0 bridgehead atoms. The normalized spacial score (nSPS) is 12.8. The van der Waals surface area contributed by atoms with E-state index in [1.54, 1.807) is 30.3 Å². The summed E-state index contributed by atoms with van der Waals surface area (Å²) in [5.74, 6) is -0.148. The third-order valence-corrected chi connectivity index (χ3v) is 5.25. The number of anilines is 1. The highest BCUT2D eigenvalue weighted by Gasteiger charge is 2.35. The molecule has 29 heavy (non-hydrogen) atoms. The molecule has 0 saturated carbocycles. The third kappa shape index (κ3) is 4.38. The second kappa shape index (κ2) is 8.84. The van der Waals surface area contributed by atoms with Crippen LogP contribution in [0.25, 0.3) is 0 Å². The van der Waals surface area contributed by atoms with Gasteiger partial charge in [-0.05, 0) is 30.7 Å². The molecule has 2 aromatic rings. The first-order valence-corrected chi connectivity index (χ1v) is 9.90. The molecule has 0 spiro atoms. The van der Waals surface area contributed by atoms with E-state index in [0.717, 1.165) is 9.37 Å².